The zero-order valence-electron chi connectivity index (χ0n) is 13.0. The summed E-state index contributed by atoms with van der Waals surface area (Å²) in [5, 5.41) is 9.62. The molecule has 0 amide bonds. The van der Waals surface area contributed by atoms with Gasteiger partial charge in [0.15, 0.2) is 11.6 Å². The van der Waals surface area contributed by atoms with Crippen LogP contribution in [0, 0.1) is 11.6 Å². The van der Waals surface area contributed by atoms with Crippen LogP contribution in [0.4, 0.5) is 8.78 Å². The first-order valence-electron chi connectivity index (χ1n) is 7.95. The summed E-state index contributed by atoms with van der Waals surface area (Å²) in [6, 6.07) is 7.78. The van der Waals surface area contributed by atoms with Crippen LogP contribution in [0.5, 0.6) is 5.75 Å². The average Bonchev–Trinajstić information content (AvgIpc) is 2.81. The number of rotatable bonds is 2. The van der Waals surface area contributed by atoms with Crippen LogP contribution in [0.3, 0.4) is 0 Å². The molecule has 2 N–H and O–H groups in total. The summed E-state index contributed by atoms with van der Waals surface area (Å²) < 4.78 is 26.6. The van der Waals surface area contributed by atoms with Gasteiger partial charge in [0, 0.05) is 25.2 Å². The number of aromatic hydroxyl groups is 1. The number of fused-ring (bicyclic) bond motifs is 2. The molecular weight excluding hydrogens is 312 g/mol. The van der Waals surface area contributed by atoms with E-state index >= 15 is 0 Å². The molecule has 4 nitrogen and oxygen atoms in total. The van der Waals surface area contributed by atoms with E-state index in [4.69, 9.17) is 0 Å². The van der Waals surface area contributed by atoms with Gasteiger partial charge in [0.2, 0.25) is 0 Å². The number of halogens is 2. The Kier molecular flexibility index (Phi) is 3.69. The van der Waals surface area contributed by atoms with Crippen molar-refractivity contribution in [3.8, 4) is 5.75 Å². The summed E-state index contributed by atoms with van der Waals surface area (Å²) in [7, 11) is 0. The molecule has 0 saturated heterocycles. The highest BCUT2D eigenvalue weighted by Crippen LogP contribution is 2.22. The predicted molar refractivity (Wildman–Crippen MR) is 86.8 cm³/mol. The first-order valence-corrected chi connectivity index (χ1v) is 7.95. The van der Waals surface area contributed by atoms with E-state index in [9.17, 15) is 13.9 Å². The Labute approximate surface area is 137 Å². The van der Waals surface area contributed by atoms with Gasteiger partial charge in [-0.2, -0.15) is 0 Å². The molecule has 2 aromatic carbocycles. The van der Waals surface area contributed by atoms with Gasteiger partial charge in [0.05, 0.1) is 17.6 Å². The van der Waals surface area contributed by atoms with Crippen LogP contribution in [-0.2, 0) is 19.4 Å². The number of nitrogens with zero attached hydrogens (tertiary/aromatic N) is 2. The molecule has 4 rings (SSSR count). The van der Waals surface area contributed by atoms with E-state index in [2.05, 4.69) is 14.9 Å². The number of benzene rings is 2. The SMILES string of the molecule is Oc1ccc2c(c1)CCN(Cc1nc3cc(F)c(F)cc3[nH]1)CC2. The van der Waals surface area contributed by atoms with Crippen LogP contribution in [0.1, 0.15) is 17.0 Å². The molecule has 1 aliphatic heterocycles. The summed E-state index contributed by atoms with van der Waals surface area (Å²) in [5.41, 5.74) is 3.37. The number of hydrogen-bond acceptors (Lipinski definition) is 3. The Morgan fingerprint density at radius 1 is 1.04 bits per heavy atom. The maximum atomic E-state index is 13.3. The van der Waals surface area contributed by atoms with Crippen molar-refractivity contribution in [1.82, 2.24) is 14.9 Å². The molecule has 3 aromatic rings. The van der Waals surface area contributed by atoms with Crippen LogP contribution >= 0.6 is 0 Å². The number of imidazole rings is 1. The maximum Gasteiger partial charge on any atom is 0.161 e. The third-order valence-electron chi connectivity index (χ3n) is 4.53. The van der Waals surface area contributed by atoms with E-state index in [1.54, 1.807) is 6.07 Å². The van der Waals surface area contributed by atoms with Crippen molar-refractivity contribution >= 4 is 11.0 Å². The van der Waals surface area contributed by atoms with Gasteiger partial charge in [-0.3, -0.25) is 4.90 Å². The van der Waals surface area contributed by atoms with Gasteiger partial charge in [0.25, 0.3) is 0 Å². The molecular formula is C18H17F2N3O. The molecule has 0 radical (unpaired) electrons. The second-order valence-corrected chi connectivity index (χ2v) is 6.20. The standard InChI is InChI=1S/C18H17F2N3O/c19-14-8-16-17(9-15(14)20)22-18(21-16)10-23-5-3-11-1-2-13(24)7-12(11)4-6-23/h1-2,7-9,24H,3-6,10H2,(H,21,22). The van der Waals surface area contributed by atoms with Gasteiger partial charge in [-0.05, 0) is 36.1 Å². The van der Waals surface area contributed by atoms with Crippen molar-refractivity contribution < 1.29 is 13.9 Å². The first-order chi connectivity index (χ1) is 11.6. The fourth-order valence-electron chi connectivity index (χ4n) is 3.26. The van der Waals surface area contributed by atoms with Crippen molar-refractivity contribution in [3.63, 3.8) is 0 Å². The summed E-state index contributed by atoms with van der Waals surface area (Å²) >= 11 is 0. The summed E-state index contributed by atoms with van der Waals surface area (Å²) in [6.45, 7) is 2.31. The zero-order chi connectivity index (χ0) is 16.7. The Balaban J connectivity index is 1.52. The van der Waals surface area contributed by atoms with Crippen LogP contribution in [-0.4, -0.2) is 33.1 Å². The lowest BCUT2D eigenvalue weighted by atomic mass is 10.0. The number of aromatic amines is 1. The summed E-state index contributed by atoms with van der Waals surface area (Å²) in [5.74, 6) is -0.763. The Bertz CT molecular complexity index is 868. The van der Waals surface area contributed by atoms with E-state index in [0.717, 1.165) is 38.1 Å². The van der Waals surface area contributed by atoms with Crippen LogP contribution < -0.4 is 0 Å². The van der Waals surface area contributed by atoms with Crippen molar-refractivity contribution in [1.29, 1.82) is 0 Å². The van der Waals surface area contributed by atoms with E-state index in [1.165, 1.54) is 11.1 Å². The molecule has 6 heteroatoms. The minimum atomic E-state index is -0.884. The molecule has 0 fully saturated rings. The number of H-pyrrole nitrogens is 1. The summed E-state index contributed by atoms with van der Waals surface area (Å²) in [6.07, 6.45) is 1.76. The molecule has 124 valence electrons. The molecule has 24 heavy (non-hydrogen) atoms. The van der Waals surface area contributed by atoms with Crippen LogP contribution in [0.2, 0.25) is 0 Å². The Hall–Kier alpha value is -2.47. The van der Waals surface area contributed by atoms with Gasteiger partial charge < -0.3 is 10.1 Å². The predicted octanol–water partition coefficient (Wildman–Crippen LogP) is 3.15. The lowest BCUT2D eigenvalue weighted by molar-refractivity contribution is 0.273. The van der Waals surface area contributed by atoms with Gasteiger partial charge in [-0.15, -0.1) is 0 Å². The average molecular weight is 329 g/mol. The lowest BCUT2D eigenvalue weighted by Crippen LogP contribution is -2.26. The number of nitrogens with one attached hydrogen (secondary N) is 1. The molecule has 2 heterocycles. The lowest BCUT2D eigenvalue weighted by Gasteiger charge is -2.17. The third kappa shape index (κ3) is 2.85. The fraction of sp³-hybridized carbons (Fsp3) is 0.278. The van der Waals surface area contributed by atoms with Crippen molar-refractivity contribution in [2.24, 2.45) is 0 Å². The molecule has 0 unspecified atom stereocenters. The molecule has 1 aliphatic rings. The number of hydrogen-bond donors (Lipinski definition) is 2. The van der Waals surface area contributed by atoms with E-state index < -0.39 is 11.6 Å². The van der Waals surface area contributed by atoms with Gasteiger partial charge in [0.1, 0.15) is 11.6 Å². The van der Waals surface area contributed by atoms with E-state index in [-0.39, 0.29) is 0 Å². The highest BCUT2D eigenvalue weighted by atomic mass is 19.2. The normalized spacial score (nSPS) is 15.4. The highest BCUT2D eigenvalue weighted by Gasteiger charge is 2.16. The molecule has 0 bridgehead atoms. The molecule has 0 aliphatic carbocycles. The quantitative estimate of drug-likeness (QED) is 0.759. The smallest absolute Gasteiger partial charge is 0.161 e. The molecule has 1 aromatic heterocycles. The molecule has 0 saturated carbocycles. The van der Waals surface area contributed by atoms with Gasteiger partial charge in [-0.25, -0.2) is 13.8 Å². The maximum absolute atomic E-state index is 13.3. The van der Waals surface area contributed by atoms with Gasteiger partial charge >= 0.3 is 0 Å². The minimum absolute atomic E-state index is 0.295. The topological polar surface area (TPSA) is 52.1 Å². The van der Waals surface area contributed by atoms with Crippen LogP contribution in [0.25, 0.3) is 11.0 Å². The second kappa shape index (κ2) is 5.87. The first kappa shape index (κ1) is 15.1. The molecule has 0 atom stereocenters. The Morgan fingerprint density at radius 3 is 2.62 bits per heavy atom. The van der Waals surface area contributed by atoms with E-state index in [0.29, 0.717) is 29.2 Å². The number of phenols is 1. The largest absolute Gasteiger partial charge is 0.508 e. The second-order valence-electron chi connectivity index (χ2n) is 6.20. The minimum Gasteiger partial charge on any atom is -0.508 e. The number of aromatic nitrogens is 2. The zero-order valence-corrected chi connectivity index (χ0v) is 13.0. The monoisotopic (exact) mass is 329 g/mol. The molecule has 0 spiro atoms. The van der Waals surface area contributed by atoms with E-state index in [1.807, 2.05) is 12.1 Å². The fourth-order valence-corrected chi connectivity index (χ4v) is 3.26. The van der Waals surface area contributed by atoms with Crippen molar-refractivity contribution in [2.45, 2.75) is 19.4 Å². The van der Waals surface area contributed by atoms with Gasteiger partial charge in [-0.1, -0.05) is 6.07 Å². The highest BCUT2D eigenvalue weighted by molar-refractivity contribution is 5.75. The van der Waals surface area contributed by atoms with Crippen molar-refractivity contribution in [3.05, 3.63) is 58.9 Å². The Morgan fingerprint density at radius 2 is 1.79 bits per heavy atom. The summed E-state index contributed by atoms with van der Waals surface area (Å²) in [4.78, 5) is 9.67. The number of phenolic OH excluding ortho intramolecular Hbond substituents is 1. The third-order valence-corrected chi connectivity index (χ3v) is 4.53. The van der Waals surface area contributed by atoms with Crippen LogP contribution in [0.15, 0.2) is 30.3 Å². The van der Waals surface area contributed by atoms with Crippen molar-refractivity contribution in [2.75, 3.05) is 13.1 Å².